The Labute approximate surface area is 63.3 Å². The first-order chi connectivity index (χ1) is 5.27. The Morgan fingerprint density at radius 3 is 2.91 bits per heavy atom. The largest absolute Gasteiger partial charge is 0.832 e. The first kappa shape index (κ1) is 7.79. The zero-order valence-corrected chi connectivity index (χ0v) is 5.70. The highest BCUT2D eigenvalue weighted by Crippen LogP contribution is 2.12. The van der Waals surface area contributed by atoms with Crippen LogP contribution in [0.3, 0.4) is 0 Å². The third-order valence-corrected chi connectivity index (χ3v) is 1.23. The molecule has 1 heterocycles. The molecule has 2 N–H and O–H groups in total. The molecule has 0 aromatic carbocycles. The van der Waals surface area contributed by atoms with Crippen LogP contribution < -0.4 is 10.4 Å². The van der Waals surface area contributed by atoms with Gasteiger partial charge >= 0.3 is 0 Å². The molecule has 1 unspecified atom stereocenters. The summed E-state index contributed by atoms with van der Waals surface area (Å²) in [6.45, 7) is -0.231. The average Bonchev–Trinajstić information content (AvgIpc) is 2.50. The van der Waals surface area contributed by atoms with Gasteiger partial charge in [0.15, 0.2) is 0 Å². The van der Waals surface area contributed by atoms with E-state index in [1.54, 1.807) is 6.07 Å². The van der Waals surface area contributed by atoms with Crippen LogP contribution in [0.25, 0.3) is 0 Å². The van der Waals surface area contributed by atoms with Crippen molar-refractivity contribution in [2.45, 2.75) is 12.7 Å². The maximum Gasteiger partial charge on any atom is 0.263 e. The molecular weight excluding hydrogens is 146 g/mol. The monoisotopic (exact) mass is 153 g/mol. The minimum Gasteiger partial charge on any atom is -0.832 e. The van der Waals surface area contributed by atoms with Crippen molar-refractivity contribution in [3.63, 3.8) is 0 Å². The minimum atomic E-state index is -1.38. The van der Waals surface area contributed by atoms with Crippen LogP contribution in [0.15, 0.2) is 16.5 Å². The molecule has 0 saturated carbocycles. The van der Waals surface area contributed by atoms with E-state index < -0.39 is 6.10 Å². The lowest BCUT2D eigenvalue weighted by atomic mass is 10.3. The number of hydrogen-bond donors (Lipinski definition) is 2. The number of hydrogen-bond acceptors (Lipinski definition) is 3. The Morgan fingerprint density at radius 1 is 1.73 bits per heavy atom. The van der Waals surface area contributed by atoms with Gasteiger partial charge in [0, 0.05) is 0 Å². The Hall–Kier alpha value is -1.31. The Morgan fingerprint density at radius 2 is 2.45 bits per heavy atom. The van der Waals surface area contributed by atoms with Gasteiger partial charge in [0.05, 0.1) is 6.10 Å². The lowest BCUT2D eigenvalue weighted by Crippen LogP contribution is -2.25. The highest BCUT2D eigenvalue weighted by molar-refractivity contribution is 5.12. The van der Waals surface area contributed by atoms with Gasteiger partial charge in [-0.1, -0.05) is 0 Å². The second kappa shape index (κ2) is 3.19. The Balaban J connectivity index is 2.82. The molecule has 58 valence electrons. The fourth-order valence-corrected chi connectivity index (χ4v) is 0.692. The van der Waals surface area contributed by atoms with E-state index in [4.69, 9.17) is 14.8 Å². The van der Waals surface area contributed by atoms with Crippen LogP contribution in [-0.4, -0.2) is 5.11 Å². The van der Waals surface area contributed by atoms with Crippen molar-refractivity contribution in [1.29, 1.82) is 0 Å². The molecule has 4 nitrogen and oxygen atoms in total. The van der Waals surface area contributed by atoms with Gasteiger partial charge in [-0.05, 0) is 12.1 Å². The Kier molecular flexibility index (Phi) is 2.26. The minimum absolute atomic E-state index is 0.115. The van der Waals surface area contributed by atoms with E-state index in [-0.39, 0.29) is 12.4 Å². The standard InChI is InChI=1S/C7H6NO3/c8-3-6(10)7-2-1-5(4-9)11-7/h1-2,6,9H,4H2/q-1/p+1. The molecule has 4 heteroatoms. The van der Waals surface area contributed by atoms with Crippen LogP contribution in [0.4, 0.5) is 0 Å². The smallest absolute Gasteiger partial charge is 0.263 e. The maximum absolute atomic E-state index is 10.8. The van der Waals surface area contributed by atoms with Gasteiger partial charge in [-0.2, -0.15) is 0 Å². The highest BCUT2D eigenvalue weighted by Gasteiger charge is 2.05. The van der Waals surface area contributed by atoms with E-state index in [1.807, 2.05) is 0 Å². The predicted molar refractivity (Wildman–Crippen MR) is 32.2 cm³/mol. The first-order valence-electron chi connectivity index (χ1n) is 3.05. The van der Waals surface area contributed by atoms with Crippen LogP contribution in [0.1, 0.15) is 17.6 Å². The maximum atomic E-state index is 10.8. The van der Waals surface area contributed by atoms with Crippen molar-refractivity contribution >= 4 is 0 Å². The van der Waals surface area contributed by atoms with E-state index in [1.165, 1.54) is 12.1 Å². The molecular formula is C7H7NO3. The third-order valence-electron chi connectivity index (χ3n) is 1.23. The van der Waals surface area contributed by atoms with Gasteiger partial charge in [0.2, 0.25) is 0 Å². The van der Waals surface area contributed by atoms with Crippen LogP contribution in [0, 0.1) is 6.07 Å². The second-order valence-corrected chi connectivity index (χ2v) is 1.99. The first-order valence-corrected chi connectivity index (χ1v) is 3.05. The van der Waals surface area contributed by atoms with Crippen molar-refractivity contribution in [3.05, 3.63) is 23.7 Å². The van der Waals surface area contributed by atoms with Crippen molar-refractivity contribution in [3.8, 4) is 6.07 Å². The van der Waals surface area contributed by atoms with Crippen LogP contribution in [0.5, 0.6) is 0 Å². The van der Waals surface area contributed by atoms with E-state index >= 15 is 0 Å². The van der Waals surface area contributed by atoms with Gasteiger partial charge in [-0.3, -0.25) is 0 Å². The molecule has 0 aliphatic heterocycles. The van der Waals surface area contributed by atoms with Gasteiger partial charge in [-0.25, -0.2) is 0 Å². The summed E-state index contributed by atoms with van der Waals surface area (Å²) < 4.78 is 4.84. The van der Waals surface area contributed by atoms with Crippen molar-refractivity contribution in [1.82, 2.24) is 0 Å². The zero-order valence-electron chi connectivity index (χ0n) is 5.70. The van der Waals surface area contributed by atoms with E-state index in [9.17, 15) is 5.11 Å². The fraction of sp³-hybridized carbons (Fsp3) is 0.286. The number of nitrogens with one attached hydrogen (secondary N) is 1. The summed E-state index contributed by atoms with van der Waals surface area (Å²) in [6.07, 6.45) is -1.38. The lowest BCUT2D eigenvalue weighted by Gasteiger charge is -2.04. The molecule has 0 radical (unpaired) electrons. The van der Waals surface area contributed by atoms with Gasteiger partial charge in [0.1, 0.15) is 18.1 Å². The molecule has 0 amide bonds. The molecule has 1 aromatic heterocycles. The summed E-state index contributed by atoms with van der Waals surface area (Å²) in [5.41, 5.74) is 0. The summed E-state index contributed by atoms with van der Waals surface area (Å²) in [4.78, 5) is 0. The van der Waals surface area contributed by atoms with Crippen molar-refractivity contribution in [2.24, 2.45) is 0 Å². The van der Waals surface area contributed by atoms with E-state index in [0.29, 0.717) is 5.76 Å². The van der Waals surface area contributed by atoms with Crippen LogP contribution >= 0.6 is 0 Å². The van der Waals surface area contributed by atoms with Gasteiger partial charge in [-0.15, -0.1) is 5.26 Å². The van der Waals surface area contributed by atoms with E-state index in [2.05, 4.69) is 0 Å². The molecule has 11 heavy (non-hydrogen) atoms. The number of rotatable bonds is 2. The zero-order chi connectivity index (χ0) is 8.27. The topological polar surface area (TPSA) is 80.2 Å². The Bertz CT molecular complexity index is 273. The number of aliphatic hydroxyl groups excluding tert-OH is 1. The van der Waals surface area contributed by atoms with Crippen LogP contribution in [0.2, 0.25) is 0 Å². The molecule has 1 aromatic rings. The lowest BCUT2D eigenvalue weighted by molar-refractivity contribution is -0.416. The highest BCUT2D eigenvalue weighted by atomic mass is 16.4. The summed E-state index contributed by atoms with van der Waals surface area (Å²) >= 11 is 0. The normalized spacial score (nSPS) is 12.5. The van der Waals surface area contributed by atoms with Gasteiger partial charge in [0.25, 0.3) is 6.07 Å². The molecule has 0 aliphatic rings. The molecule has 0 aliphatic carbocycles. The summed E-state index contributed by atoms with van der Waals surface area (Å²) in [5.74, 6) is 0.445. The molecule has 0 bridgehead atoms. The average molecular weight is 153 g/mol. The molecule has 0 spiro atoms. The van der Waals surface area contributed by atoms with Crippen LogP contribution in [-0.2, 0) is 6.61 Å². The summed E-state index contributed by atoms with van der Waals surface area (Å²) in [7, 11) is 0. The molecule has 0 fully saturated rings. The predicted octanol–water partition coefficient (Wildman–Crippen LogP) is -2.05. The third kappa shape index (κ3) is 1.58. The SMILES string of the molecule is [NH+]#CC([O-])c1ccc(CO)o1. The summed E-state index contributed by atoms with van der Waals surface area (Å²) in [5, 5.41) is 25.8. The fourth-order valence-electron chi connectivity index (χ4n) is 0.692. The molecule has 1 rings (SSSR count). The number of furan rings is 1. The van der Waals surface area contributed by atoms with Crippen molar-refractivity contribution in [2.75, 3.05) is 0 Å². The van der Waals surface area contributed by atoms with Crippen molar-refractivity contribution < 1.29 is 19.9 Å². The van der Waals surface area contributed by atoms with Gasteiger partial charge < -0.3 is 14.6 Å². The molecule has 1 atom stereocenters. The van der Waals surface area contributed by atoms with E-state index in [0.717, 1.165) is 0 Å². The summed E-state index contributed by atoms with van der Waals surface area (Å²) in [6, 6.07) is 4.67. The number of aliphatic hydroxyl groups is 1. The second-order valence-electron chi connectivity index (χ2n) is 1.99. The quantitative estimate of drug-likeness (QED) is 0.513. The molecule has 0 saturated heterocycles.